The molecular weight excluding hydrogens is 171 g/mol. The predicted octanol–water partition coefficient (Wildman–Crippen LogP) is 0.465. The molecule has 0 aromatic rings. The first-order chi connectivity index (χ1) is 4.99. The number of rotatable bonds is 2. The maximum atomic E-state index is 12.2. The summed E-state index contributed by atoms with van der Waals surface area (Å²) >= 11 is 0. The molecule has 3 fully saturated rings. The van der Waals surface area contributed by atoms with Crippen LogP contribution in [-0.4, -0.2) is 26.9 Å². The summed E-state index contributed by atoms with van der Waals surface area (Å²) < 4.78 is 38.0. The van der Waals surface area contributed by atoms with Crippen molar-refractivity contribution in [3.8, 4) is 0 Å². The Bertz CT molecular complexity index is 260. The van der Waals surface area contributed by atoms with Crippen molar-refractivity contribution >= 4 is 10.2 Å². The van der Waals surface area contributed by atoms with Gasteiger partial charge in [0.05, 0.1) is 18.5 Å². The zero-order valence-electron chi connectivity index (χ0n) is 5.92. The Labute approximate surface area is 64.8 Å². The summed E-state index contributed by atoms with van der Waals surface area (Å²) in [4.78, 5) is 0. The van der Waals surface area contributed by atoms with E-state index < -0.39 is 10.2 Å². The van der Waals surface area contributed by atoms with Crippen LogP contribution in [0.5, 0.6) is 0 Å². The fraction of sp³-hybridized carbons (Fsp3) is 1.00. The van der Waals surface area contributed by atoms with Crippen LogP contribution in [0.2, 0.25) is 0 Å². The number of hydrogen-bond donors (Lipinski definition) is 0. The number of halogens is 1. The van der Waals surface area contributed by atoms with Crippen molar-refractivity contribution in [3.05, 3.63) is 0 Å². The van der Waals surface area contributed by atoms with Gasteiger partial charge in [-0.3, -0.25) is 0 Å². The fourth-order valence-corrected chi connectivity index (χ4v) is 3.01. The molecule has 2 saturated heterocycles. The first-order valence-corrected chi connectivity index (χ1v) is 5.08. The summed E-state index contributed by atoms with van der Waals surface area (Å²) in [5.41, 5.74) is -0.363. The van der Waals surface area contributed by atoms with Crippen molar-refractivity contribution in [2.24, 2.45) is 5.41 Å². The van der Waals surface area contributed by atoms with Gasteiger partial charge in [0.25, 0.3) is 0 Å². The van der Waals surface area contributed by atoms with Gasteiger partial charge in [-0.2, -0.15) is 8.42 Å². The Morgan fingerprint density at radius 3 is 2.55 bits per heavy atom. The monoisotopic (exact) mass is 180 g/mol. The largest absolute Gasteiger partial charge is 0.378 e. The predicted molar refractivity (Wildman–Crippen MR) is 36.3 cm³/mol. The molecule has 0 aromatic heterocycles. The van der Waals surface area contributed by atoms with Crippen LogP contribution in [0.1, 0.15) is 12.8 Å². The van der Waals surface area contributed by atoms with E-state index in [2.05, 4.69) is 0 Å². The lowest BCUT2D eigenvalue weighted by Crippen LogP contribution is -2.38. The quantitative estimate of drug-likeness (QED) is 0.580. The first-order valence-electron chi connectivity index (χ1n) is 3.53. The smallest absolute Gasteiger partial charge is 0.303 e. The summed E-state index contributed by atoms with van der Waals surface area (Å²) in [6.45, 7) is 0.417. The molecule has 0 aromatic carbocycles. The first kappa shape index (κ1) is 7.49. The van der Waals surface area contributed by atoms with E-state index in [1.165, 1.54) is 0 Å². The summed E-state index contributed by atoms with van der Waals surface area (Å²) in [5, 5.41) is 0. The summed E-state index contributed by atoms with van der Waals surface area (Å²) in [6, 6.07) is 0. The van der Waals surface area contributed by atoms with E-state index in [0.29, 0.717) is 6.61 Å². The number of fused-ring (bicyclic) bond motifs is 1. The van der Waals surface area contributed by atoms with Crippen LogP contribution in [0.4, 0.5) is 3.89 Å². The van der Waals surface area contributed by atoms with Crippen LogP contribution in [0.3, 0.4) is 0 Å². The van der Waals surface area contributed by atoms with E-state index in [4.69, 9.17) is 4.74 Å². The molecule has 2 bridgehead atoms. The van der Waals surface area contributed by atoms with Crippen LogP contribution < -0.4 is 0 Å². The second kappa shape index (κ2) is 1.95. The van der Waals surface area contributed by atoms with Crippen LogP contribution in [0, 0.1) is 5.41 Å². The Hall–Kier alpha value is -0.160. The zero-order chi connectivity index (χ0) is 8.11. The summed E-state index contributed by atoms with van der Waals surface area (Å²) in [5.74, 6) is -0.351. The minimum absolute atomic E-state index is 0.205. The number of ether oxygens (including phenoxy) is 1. The topological polar surface area (TPSA) is 43.4 Å². The van der Waals surface area contributed by atoms with Crippen LogP contribution in [-0.2, 0) is 15.0 Å². The van der Waals surface area contributed by atoms with Gasteiger partial charge in [-0.25, -0.2) is 0 Å². The minimum atomic E-state index is -4.31. The van der Waals surface area contributed by atoms with Crippen LogP contribution >= 0.6 is 0 Å². The molecule has 2 aliphatic heterocycles. The van der Waals surface area contributed by atoms with Gasteiger partial charge < -0.3 is 4.74 Å². The maximum Gasteiger partial charge on any atom is 0.303 e. The lowest BCUT2D eigenvalue weighted by molar-refractivity contribution is 0.116. The molecule has 3 nitrogen and oxygen atoms in total. The molecule has 1 aliphatic carbocycles. The third kappa shape index (κ3) is 1.27. The van der Waals surface area contributed by atoms with Gasteiger partial charge in [0.1, 0.15) is 0 Å². The Morgan fingerprint density at radius 1 is 1.55 bits per heavy atom. The molecule has 0 N–H and O–H groups in total. The van der Waals surface area contributed by atoms with Crippen molar-refractivity contribution in [1.82, 2.24) is 0 Å². The molecule has 1 saturated carbocycles. The number of hydrogen-bond acceptors (Lipinski definition) is 3. The van der Waals surface area contributed by atoms with Gasteiger partial charge in [-0.15, -0.1) is 3.89 Å². The van der Waals surface area contributed by atoms with Crippen LogP contribution in [0.25, 0.3) is 0 Å². The van der Waals surface area contributed by atoms with E-state index in [-0.39, 0.29) is 17.3 Å². The summed E-state index contributed by atoms with van der Waals surface area (Å²) in [6.07, 6.45) is 1.64. The standard InChI is InChI=1S/C6H9FO3S/c7-11(8,9)4-6-1-5(2-6)10-3-6/h5H,1-4H2. The van der Waals surface area contributed by atoms with Crippen LogP contribution in [0.15, 0.2) is 0 Å². The molecule has 3 rings (SSSR count). The lowest BCUT2D eigenvalue weighted by atomic mass is 9.72. The van der Waals surface area contributed by atoms with Crippen molar-refractivity contribution < 1.29 is 17.0 Å². The molecule has 2 heterocycles. The molecule has 0 atom stereocenters. The highest BCUT2D eigenvalue weighted by molar-refractivity contribution is 7.86. The fourth-order valence-electron chi connectivity index (χ4n) is 1.96. The third-order valence-electron chi connectivity index (χ3n) is 2.43. The van der Waals surface area contributed by atoms with Gasteiger partial charge in [-0.1, -0.05) is 0 Å². The Morgan fingerprint density at radius 2 is 2.18 bits per heavy atom. The molecule has 0 amide bonds. The van der Waals surface area contributed by atoms with Crippen molar-refractivity contribution in [2.45, 2.75) is 18.9 Å². The normalized spacial score (nSPS) is 42.1. The van der Waals surface area contributed by atoms with Crippen molar-refractivity contribution in [1.29, 1.82) is 0 Å². The highest BCUT2D eigenvalue weighted by Crippen LogP contribution is 2.50. The zero-order valence-corrected chi connectivity index (χ0v) is 6.73. The average Bonchev–Trinajstić information content (AvgIpc) is 2.15. The highest BCUT2D eigenvalue weighted by atomic mass is 32.3. The Balaban J connectivity index is 2.07. The van der Waals surface area contributed by atoms with E-state index in [9.17, 15) is 12.3 Å². The van der Waals surface area contributed by atoms with Gasteiger partial charge >= 0.3 is 10.2 Å². The molecule has 0 unspecified atom stereocenters. The Kier molecular flexibility index (Phi) is 1.33. The van der Waals surface area contributed by atoms with Crippen molar-refractivity contribution in [2.75, 3.05) is 12.4 Å². The third-order valence-corrected chi connectivity index (χ3v) is 3.38. The molecular formula is C6H9FO3S. The minimum Gasteiger partial charge on any atom is -0.378 e. The second-order valence-corrected chi connectivity index (χ2v) is 4.89. The van der Waals surface area contributed by atoms with Gasteiger partial charge in [0.2, 0.25) is 0 Å². The highest BCUT2D eigenvalue weighted by Gasteiger charge is 2.54. The molecule has 3 aliphatic rings. The SMILES string of the molecule is O=S(=O)(F)CC12COC(C1)C2. The molecule has 0 radical (unpaired) electrons. The molecule has 11 heavy (non-hydrogen) atoms. The van der Waals surface area contributed by atoms with E-state index in [1.54, 1.807) is 0 Å². The van der Waals surface area contributed by atoms with E-state index in [1.807, 2.05) is 0 Å². The van der Waals surface area contributed by atoms with Gasteiger partial charge in [-0.05, 0) is 12.8 Å². The van der Waals surface area contributed by atoms with Gasteiger partial charge in [0, 0.05) is 5.41 Å². The van der Waals surface area contributed by atoms with E-state index in [0.717, 1.165) is 12.8 Å². The van der Waals surface area contributed by atoms with Crippen molar-refractivity contribution in [3.63, 3.8) is 0 Å². The molecule has 64 valence electrons. The second-order valence-electron chi connectivity index (χ2n) is 3.52. The molecule has 5 heteroatoms. The van der Waals surface area contributed by atoms with Gasteiger partial charge in [0.15, 0.2) is 0 Å². The lowest BCUT2D eigenvalue weighted by Gasteiger charge is -2.33. The average molecular weight is 180 g/mol. The molecule has 0 spiro atoms. The maximum absolute atomic E-state index is 12.2. The van der Waals surface area contributed by atoms with E-state index >= 15 is 0 Å². The summed E-state index contributed by atoms with van der Waals surface area (Å²) in [7, 11) is -4.31.